The molecule has 6 rings (SSSR count). The average molecular weight is 634 g/mol. The molecule has 2 aromatic heterocycles. The molecule has 10 nitrogen and oxygen atoms in total. The molecule has 242 valence electrons. The maximum Gasteiger partial charge on any atom is 0.327 e. The van der Waals surface area contributed by atoms with E-state index in [1.165, 1.54) is 5.69 Å². The molecule has 0 spiro atoms. The SMILES string of the molecule is CN1CCN(c2ccccc2[C@@H]2S[C@](C)(CC(=O)N3CCC(n4c(=O)[nH]c5ncccc54)CC3)C(=O)N2CCC(C)(C)C)CC1. The number of nitrogens with zero attached hydrogens (tertiary/aromatic N) is 6. The van der Waals surface area contributed by atoms with Crippen LogP contribution >= 0.6 is 11.8 Å². The number of anilines is 1. The number of imidazole rings is 1. The van der Waals surface area contributed by atoms with Crippen LogP contribution in [0.25, 0.3) is 11.2 Å². The lowest BCUT2D eigenvalue weighted by atomic mass is 9.91. The normalized spacial score (nSPS) is 23.8. The molecule has 0 radical (unpaired) electrons. The van der Waals surface area contributed by atoms with Crippen molar-refractivity contribution in [3.05, 3.63) is 58.6 Å². The van der Waals surface area contributed by atoms with Crippen LogP contribution in [0.4, 0.5) is 5.69 Å². The number of fused-ring (bicyclic) bond motifs is 1. The summed E-state index contributed by atoms with van der Waals surface area (Å²) in [6, 6.07) is 12.3. The number of piperazine rings is 1. The Kier molecular flexibility index (Phi) is 8.78. The second kappa shape index (κ2) is 12.5. The van der Waals surface area contributed by atoms with Gasteiger partial charge in [0, 0.05) is 69.3 Å². The summed E-state index contributed by atoms with van der Waals surface area (Å²) in [5, 5.41) is -0.151. The number of carbonyl (C=O) groups is 2. The van der Waals surface area contributed by atoms with Crippen LogP contribution < -0.4 is 10.6 Å². The molecule has 2 atom stereocenters. The van der Waals surface area contributed by atoms with Crippen LogP contribution in [0.15, 0.2) is 47.4 Å². The highest BCUT2D eigenvalue weighted by atomic mass is 32.2. The third-order valence-corrected chi connectivity index (χ3v) is 11.2. The van der Waals surface area contributed by atoms with E-state index in [1.54, 1.807) is 22.5 Å². The molecule has 5 heterocycles. The van der Waals surface area contributed by atoms with Gasteiger partial charge in [-0.25, -0.2) is 9.78 Å². The van der Waals surface area contributed by atoms with Crippen LogP contribution in [0.5, 0.6) is 0 Å². The number of hydrogen-bond acceptors (Lipinski definition) is 7. The highest BCUT2D eigenvalue weighted by molar-refractivity contribution is 8.02. The van der Waals surface area contributed by atoms with Crippen molar-refractivity contribution >= 4 is 40.4 Å². The molecular formula is C34H47N7O3S. The lowest BCUT2D eigenvalue weighted by molar-refractivity contribution is -0.139. The molecule has 0 bridgehead atoms. The van der Waals surface area contributed by atoms with E-state index in [9.17, 15) is 14.4 Å². The van der Waals surface area contributed by atoms with Crippen molar-refractivity contribution in [3.8, 4) is 0 Å². The topological polar surface area (TPSA) is 97.8 Å². The minimum atomic E-state index is -0.856. The van der Waals surface area contributed by atoms with Crippen molar-refractivity contribution < 1.29 is 9.59 Å². The third-order valence-electron chi connectivity index (χ3n) is 9.68. The van der Waals surface area contributed by atoms with Gasteiger partial charge in [0.2, 0.25) is 11.8 Å². The summed E-state index contributed by atoms with van der Waals surface area (Å²) in [4.78, 5) is 56.7. The van der Waals surface area contributed by atoms with E-state index < -0.39 is 4.75 Å². The molecule has 0 aliphatic carbocycles. The highest BCUT2D eigenvalue weighted by Gasteiger charge is 2.52. The fourth-order valence-electron chi connectivity index (χ4n) is 6.92. The predicted octanol–water partition coefficient (Wildman–Crippen LogP) is 4.50. The molecule has 11 heteroatoms. The first-order chi connectivity index (χ1) is 21.4. The molecule has 1 aromatic carbocycles. The fraction of sp³-hybridized carbons (Fsp3) is 0.588. The number of aromatic amines is 1. The Bertz CT molecular complexity index is 1600. The molecular weight excluding hydrogens is 586 g/mol. The molecule has 3 aromatic rings. The summed E-state index contributed by atoms with van der Waals surface area (Å²) in [5.74, 6) is 0.0597. The van der Waals surface area contributed by atoms with Gasteiger partial charge in [-0.2, -0.15) is 0 Å². The van der Waals surface area contributed by atoms with Crippen molar-refractivity contribution in [1.29, 1.82) is 0 Å². The zero-order valence-electron chi connectivity index (χ0n) is 27.3. The Morgan fingerprint density at radius 3 is 2.44 bits per heavy atom. The number of pyridine rings is 1. The first-order valence-corrected chi connectivity index (χ1v) is 17.2. The summed E-state index contributed by atoms with van der Waals surface area (Å²) in [6.45, 7) is 14.3. The Labute approximate surface area is 270 Å². The number of amides is 2. The van der Waals surface area contributed by atoms with Gasteiger partial charge < -0.3 is 19.6 Å². The molecule has 1 N–H and O–H groups in total. The summed E-state index contributed by atoms with van der Waals surface area (Å²) in [7, 11) is 2.16. The van der Waals surface area contributed by atoms with Crippen LogP contribution in [0.3, 0.4) is 0 Å². The average Bonchev–Trinajstić information content (AvgIpc) is 3.48. The second-order valence-electron chi connectivity index (χ2n) is 14.3. The number of benzene rings is 1. The van der Waals surface area contributed by atoms with E-state index in [2.05, 4.69) is 71.9 Å². The number of aromatic nitrogens is 3. The molecule has 2 amide bonds. The standard InChI is InChI=1S/C34H47N7O3S/c1-33(2,3)14-18-40-30(25-9-6-7-10-26(25)38-21-19-37(5)20-22-38)45-34(4,31(40)43)23-28(42)39-16-12-24(13-17-39)41-27-11-8-15-35-29(27)36-32(41)44/h6-11,15,24,30H,12-14,16-23H2,1-5H3,(H,35,36,44)/t30-,34+/m0/s1. The number of piperidine rings is 1. The van der Waals surface area contributed by atoms with Gasteiger partial charge in [-0.1, -0.05) is 39.0 Å². The van der Waals surface area contributed by atoms with E-state index in [0.717, 1.165) is 43.7 Å². The third kappa shape index (κ3) is 6.52. The lowest BCUT2D eigenvalue weighted by Gasteiger charge is -2.37. The zero-order valence-corrected chi connectivity index (χ0v) is 28.1. The Morgan fingerprint density at radius 1 is 1.02 bits per heavy atom. The molecule has 0 unspecified atom stereocenters. The van der Waals surface area contributed by atoms with Gasteiger partial charge in [-0.05, 0) is 56.8 Å². The minimum Gasteiger partial charge on any atom is -0.369 e. The number of thioether (sulfide) groups is 1. The summed E-state index contributed by atoms with van der Waals surface area (Å²) < 4.78 is 0.933. The van der Waals surface area contributed by atoms with E-state index in [-0.39, 0.29) is 40.8 Å². The van der Waals surface area contributed by atoms with Gasteiger partial charge in [0.15, 0.2) is 5.65 Å². The molecule has 3 fully saturated rings. The monoisotopic (exact) mass is 633 g/mol. The minimum absolute atomic E-state index is 0.000853. The smallest absolute Gasteiger partial charge is 0.327 e. The molecule has 3 saturated heterocycles. The van der Waals surface area contributed by atoms with E-state index in [1.807, 2.05) is 28.9 Å². The first kappa shape index (κ1) is 31.7. The molecule has 0 saturated carbocycles. The molecule has 3 aliphatic rings. The summed E-state index contributed by atoms with van der Waals surface area (Å²) >= 11 is 1.64. The van der Waals surface area contributed by atoms with E-state index in [4.69, 9.17) is 0 Å². The zero-order chi connectivity index (χ0) is 31.9. The van der Waals surface area contributed by atoms with Crippen molar-refractivity contribution in [1.82, 2.24) is 29.2 Å². The summed E-state index contributed by atoms with van der Waals surface area (Å²) in [6.07, 6.45) is 4.09. The molecule has 3 aliphatic heterocycles. The van der Waals surface area contributed by atoms with Gasteiger partial charge in [-0.3, -0.25) is 19.1 Å². The van der Waals surface area contributed by atoms with Gasteiger partial charge in [0.05, 0.1) is 11.9 Å². The number of likely N-dealkylation sites (N-methyl/N-ethyl adjacent to an activating group) is 1. The van der Waals surface area contributed by atoms with Crippen molar-refractivity contribution in [2.75, 3.05) is 57.8 Å². The van der Waals surface area contributed by atoms with Crippen LogP contribution in [0, 0.1) is 5.41 Å². The van der Waals surface area contributed by atoms with Crippen molar-refractivity contribution in [3.63, 3.8) is 0 Å². The Morgan fingerprint density at radius 2 is 1.73 bits per heavy atom. The maximum absolute atomic E-state index is 14.3. The fourth-order valence-corrected chi connectivity index (χ4v) is 8.49. The van der Waals surface area contributed by atoms with Crippen molar-refractivity contribution in [2.45, 2.75) is 69.5 Å². The number of rotatable bonds is 7. The van der Waals surface area contributed by atoms with E-state index in [0.29, 0.717) is 38.1 Å². The number of likely N-dealkylation sites (tertiary alicyclic amines) is 1. The van der Waals surface area contributed by atoms with E-state index >= 15 is 0 Å². The number of hydrogen-bond donors (Lipinski definition) is 1. The lowest BCUT2D eigenvalue weighted by Crippen LogP contribution is -2.46. The van der Waals surface area contributed by atoms with Crippen LogP contribution in [0.2, 0.25) is 0 Å². The van der Waals surface area contributed by atoms with Crippen LogP contribution in [0.1, 0.15) is 70.4 Å². The summed E-state index contributed by atoms with van der Waals surface area (Å²) in [5.41, 5.74) is 3.65. The van der Waals surface area contributed by atoms with Gasteiger partial charge in [0.1, 0.15) is 10.1 Å². The number of carbonyl (C=O) groups excluding carboxylic acids is 2. The van der Waals surface area contributed by atoms with Crippen LogP contribution in [-0.2, 0) is 9.59 Å². The first-order valence-electron chi connectivity index (χ1n) is 16.3. The number of para-hydroxylation sites is 1. The Balaban J connectivity index is 1.19. The van der Waals surface area contributed by atoms with Gasteiger partial charge in [-0.15, -0.1) is 11.8 Å². The molecule has 45 heavy (non-hydrogen) atoms. The second-order valence-corrected chi connectivity index (χ2v) is 15.9. The quantitative estimate of drug-likeness (QED) is 0.409. The number of nitrogens with one attached hydrogen (secondary N) is 1. The van der Waals surface area contributed by atoms with Crippen molar-refractivity contribution in [2.24, 2.45) is 5.41 Å². The Hall–Kier alpha value is -3.31. The highest BCUT2D eigenvalue weighted by Crippen LogP contribution is 2.53. The van der Waals surface area contributed by atoms with Gasteiger partial charge >= 0.3 is 5.69 Å². The van der Waals surface area contributed by atoms with Crippen LogP contribution in [-0.4, -0.2) is 98.7 Å². The number of H-pyrrole nitrogens is 1. The predicted molar refractivity (Wildman–Crippen MR) is 180 cm³/mol. The largest absolute Gasteiger partial charge is 0.369 e. The maximum atomic E-state index is 14.3. The van der Waals surface area contributed by atoms with Gasteiger partial charge in [0.25, 0.3) is 0 Å².